The lowest BCUT2D eigenvalue weighted by Gasteiger charge is -2.24. The number of ether oxygens (including phenoxy) is 12. The Bertz CT molecular complexity index is 4250. The third kappa shape index (κ3) is 40.4. The summed E-state index contributed by atoms with van der Waals surface area (Å²) < 4.78 is 70.0. The van der Waals surface area contributed by atoms with E-state index in [2.05, 4.69) is 44.2 Å². The van der Waals surface area contributed by atoms with Crippen LogP contribution in [0.3, 0.4) is 0 Å². The molecule has 132 heavy (non-hydrogen) atoms. The van der Waals surface area contributed by atoms with E-state index in [0.29, 0.717) is 32.8 Å². The molecule has 0 aliphatic carbocycles. The molecule has 4 fully saturated rings. The van der Waals surface area contributed by atoms with Crippen molar-refractivity contribution in [3.63, 3.8) is 0 Å². The minimum Gasteiger partial charge on any atom is -0.497 e. The maximum atomic E-state index is 12.1. The monoisotopic (exact) mass is 1840 g/mol. The predicted octanol–water partition coefficient (Wildman–Crippen LogP) is 12.6. The molecule has 712 valence electrons. The number of carbonyl (C=O) groups excluding carboxylic acids is 4. The maximum absolute atomic E-state index is 12.1. The van der Waals surface area contributed by atoms with Gasteiger partial charge >= 0.3 is 47.8 Å². The summed E-state index contributed by atoms with van der Waals surface area (Å²) in [5.41, 5.74) is 12.2. The van der Waals surface area contributed by atoms with Crippen molar-refractivity contribution < 1.29 is 120 Å². The van der Waals surface area contributed by atoms with Crippen molar-refractivity contribution in [1.29, 1.82) is 0 Å². The van der Waals surface area contributed by atoms with Crippen molar-refractivity contribution in [2.45, 2.75) is 146 Å². The van der Waals surface area contributed by atoms with E-state index in [9.17, 15) is 38.4 Å². The molecule has 4 unspecified atom stereocenters. The van der Waals surface area contributed by atoms with Gasteiger partial charge in [0.25, 0.3) is 0 Å². The van der Waals surface area contributed by atoms with Crippen LogP contribution in [-0.2, 0) is 114 Å². The van der Waals surface area contributed by atoms with Crippen LogP contribution in [0, 0.1) is 0 Å². The van der Waals surface area contributed by atoms with Crippen molar-refractivity contribution in [2.24, 2.45) is 0 Å². The average molecular weight is 1840 g/mol. The van der Waals surface area contributed by atoms with E-state index in [4.69, 9.17) is 82.1 Å². The van der Waals surface area contributed by atoms with Crippen molar-refractivity contribution in [1.82, 2.24) is 30.0 Å². The van der Waals surface area contributed by atoms with Gasteiger partial charge in [-0.05, 0) is 188 Å². The molecular weight excluding hydrogens is 1720 g/mol. The average Bonchev–Trinajstić information content (AvgIpc) is 1.06. The predicted molar refractivity (Wildman–Crippen MR) is 496 cm³/mol. The van der Waals surface area contributed by atoms with Crippen LogP contribution in [0.1, 0.15) is 115 Å². The van der Waals surface area contributed by atoms with Crippen LogP contribution in [0.15, 0.2) is 194 Å². The molecule has 8 aromatic rings. The number of hydrogen-bond acceptors (Lipinski definition) is 28. The lowest BCUT2D eigenvalue weighted by molar-refractivity contribution is -0.166. The number of benzene rings is 8. The zero-order chi connectivity index (χ0) is 93.9. The molecule has 0 aromatic heterocycles. The number of aryl methyl sites for hydroxylation is 8. The quantitative estimate of drug-likeness (QED) is 0.0117. The molecule has 8 aromatic carbocycles. The first-order valence-corrected chi connectivity index (χ1v) is 45.7. The van der Waals surface area contributed by atoms with E-state index in [-0.39, 0.29) is 77.8 Å². The standard InChI is InChI=1S/2C25H32N2O6.C25H31NO7.C25H31NO6S/c1-31-21-8-4-6-19(16-21)10-11-20-7-2-3-9-23(20)32-18-22(17-27-15-5-14-26-27)33-25(30)13-12-24(28)29;1-31-21-7-4-5-19(15-21)9-10-20-6-2-3-8-23(20)32-17-22(16-27-14-13-26-18-27)33-25(30)12-11-24(28)29;1-30-21-8-4-6-19(16-21)10-11-20-7-2-3-9-23(20)31-18-22(17-26-14-5-15-32-26)33-25(29)13-12-24(27)28;1-30-21-8-4-6-19(16-21)10-11-20-7-2-3-9-23(20)31-18-22(17-26-14-5-15-33-26)32-25(29)13-12-24(27)28/h2-4,6-9,16,22,26H,5,10-15,17-18H2,1H3,(H,28,29);2-8,15,22,26H,9-14,16-18H2,1H3,(H,28,29);2*2-4,6-9,16,22H,5,10-15,17-18H2,1H3,(H,27,28). The number of hydrogen-bond donors (Lipinski definition) is 6. The highest BCUT2D eigenvalue weighted by Crippen LogP contribution is 2.29. The molecule has 32 heteroatoms. The van der Waals surface area contributed by atoms with Crippen LogP contribution >= 0.6 is 11.9 Å². The topological polar surface area (TPSA) is 374 Å². The van der Waals surface area contributed by atoms with Crippen LogP contribution in [0.25, 0.3) is 0 Å². The fraction of sp³-hybridized carbons (Fsp3) is 0.440. The number of aliphatic carboxylic acids is 4. The Morgan fingerprint density at radius 1 is 0.364 bits per heavy atom. The molecule has 12 rings (SSSR count). The Hall–Kier alpha value is -12.0. The van der Waals surface area contributed by atoms with E-state index in [1.54, 1.807) is 45.5 Å². The number of para-hydroxylation sites is 4. The van der Waals surface area contributed by atoms with E-state index < -0.39 is 72.2 Å². The normalized spacial score (nSPS) is 14.6. The van der Waals surface area contributed by atoms with Crippen LogP contribution in [0.2, 0.25) is 0 Å². The summed E-state index contributed by atoms with van der Waals surface area (Å²) in [7, 11) is 6.63. The number of carboxylic acids is 4. The first-order chi connectivity index (χ1) is 64.1. The van der Waals surface area contributed by atoms with Crippen LogP contribution < -0.4 is 48.6 Å². The Morgan fingerprint density at radius 2 is 0.712 bits per heavy atom. The van der Waals surface area contributed by atoms with Gasteiger partial charge in [-0.15, -0.1) is 0 Å². The van der Waals surface area contributed by atoms with Gasteiger partial charge in [0.15, 0.2) is 6.10 Å². The molecule has 4 heterocycles. The molecule has 0 spiro atoms. The first-order valence-electron chi connectivity index (χ1n) is 44.8. The molecule has 6 N–H and O–H groups in total. The van der Waals surface area contributed by atoms with Crippen LogP contribution in [0.4, 0.5) is 0 Å². The van der Waals surface area contributed by atoms with Gasteiger partial charge in [0.05, 0.1) is 99.5 Å². The molecule has 0 bridgehead atoms. The molecule has 31 nitrogen and oxygen atoms in total. The van der Waals surface area contributed by atoms with Gasteiger partial charge in [-0.25, -0.2) is 9.31 Å². The molecule has 4 aliphatic rings. The van der Waals surface area contributed by atoms with E-state index in [0.717, 1.165) is 191 Å². The number of hydrazine groups is 1. The smallest absolute Gasteiger partial charge is 0.306 e. The van der Waals surface area contributed by atoms with Crippen LogP contribution in [-0.4, -0.2) is 251 Å². The Labute approximate surface area is 776 Å². The summed E-state index contributed by atoms with van der Waals surface area (Å²) in [6.07, 6.45) is 5.87. The van der Waals surface area contributed by atoms with Gasteiger partial charge in [-0.1, -0.05) is 133 Å². The number of nitrogens with zero attached hydrogens (tertiary/aromatic N) is 4. The lowest BCUT2D eigenvalue weighted by Crippen LogP contribution is -2.42. The first kappa shape index (κ1) is 104. The summed E-state index contributed by atoms with van der Waals surface area (Å²) in [5, 5.41) is 42.3. The highest BCUT2D eigenvalue weighted by atomic mass is 32.2. The summed E-state index contributed by atoms with van der Waals surface area (Å²) >= 11 is 1.73. The molecule has 4 aliphatic heterocycles. The molecule has 0 amide bonds. The van der Waals surface area contributed by atoms with Crippen molar-refractivity contribution in [3.05, 3.63) is 239 Å². The zero-order valence-corrected chi connectivity index (χ0v) is 76.6. The summed E-state index contributed by atoms with van der Waals surface area (Å²) in [6.45, 7) is 9.20. The fourth-order valence-corrected chi connectivity index (χ4v) is 15.6. The maximum Gasteiger partial charge on any atom is 0.306 e. The van der Waals surface area contributed by atoms with Crippen molar-refractivity contribution in [2.75, 3.05) is 139 Å². The van der Waals surface area contributed by atoms with Gasteiger partial charge in [0, 0.05) is 64.8 Å². The van der Waals surface area contributed by atoms with Gasteiger partial charge in [0.2, 0.25) is 0 Å². The minimum absolute atomic E-state index is 0.143. The van der Waals surface area contributed by atoms with E-state index in [1.807, 2.05) is 175 Å². The van der Waals surface area contributed by atoms with Gasteiger partial charge < -0.3 is 82.6 Å². The fourth-order valence-electron chi connectivity index (χ4n) is 14.6. The summed E-state index contributed by atoms with van der Waals surface area (Å²) in [6, 6.07) is 63.4. The number of carbonyl (C=O) groups is 8. The van der Waals surface area contributed by atoms with Gasteiger partial charge in [-0.2, -0.15) is 5.06 Å². The largest absolute Gasteiger partial charge is 0.497 e. The number of esters is 4. The minimum atomic E-state index is -1.03. The number of nitrogens with one attached hydrogen (secondary N) is 2. The van der Waals surface area contributed by atoms with Gasteiger partial charge in [0.1, 0.15) is 90.7 Å². The Morgan fingerprint density at radius 3 is 1.02 bits per heavy atom. The van der Waals surface area contributed by atoms with E-state index >= 15 is 0 Å². The van der Waals surface area contributed by atoms with Crippen molar-refractivity contribution >= 4 is 59.7 Å². The Balaban J connectivity index is 0.000000198. The number of carboxylic acid groups (broad SMARTS) is 4. The molecule has 0 saturated carbocycles. The summed E-state index contributed by atoms with van der Waals surface area (Å²) in [5.74, 6) is 1.17. The summed E-state index contributed by atoms with van der Waals surface area (Å²) in [4.78, 5) is 99.2. The van der Waals surface area contributed by atoms with Crippen molar-refractivity contribution in [3.8, 4) is 46.0 Å². The van der Waals surface area contributed by atoms with Gasteiger partial charge in [-0.3, -0.25) is 53.5 Å². The molecular formula is C100H126N6O25S. The zero-order valence-electron chi connectivity index (χ0n) is 75.8. The third-order valence-corrected chi connectivity index (χ3v) is 22.6. The number of methoxy groups -OCH3 is 4. The molecule has 0 radical (unpaired) electrons. The second kappa shape index (κ2) is 58.7. The Kier molecular flexibility index (Phi) is 46.1. The highest BCUT2D eigenvalue weighted by Gasteiger charge is 2.29. The van der Waals surface area contributed by atoms with Crippen LogP contribution in [0.5, 0.6) is 46.0 Å². The SMILES string of the molecule is COc1cccc(CCc2ccccc2OCC(CN2CCCN2)OC(=O)CCC(=O)O)c1.COc1cccc(CCc2ccccc2OCC(CN2CCCO2)OC(=O)CCC(=O)O)c1.COc1cccc(CCc2ccccc2OCC(CN2CCCS2)OC(=O)CCC(=O)O)c1.COc1cccc(CCc2ccccc2OCC(CN2CCNC2)OC(=O)CCC(=O)O)c1. The third-order valence-electron chi connectivity index (χ3n) is 21.5. The second-order valence-corrected chi connectivity index (χ2v) is 32.9. The lowest BCUT2D eigenvalue weighted by atomic mass is 10.0. The number of hydroxylamine groups is 2. The molecule has 4 atom stereocenters. The van der Waals surface area contributed by atoms with E-state index in [1.165, 1.54) is 22.3 Å². The number of rotatable bonds is 52. The molecule has 4 saturated heterocycles. The highest BCUT2D eigenvalue weighted by molar-refractivity contribution is 7.97. The second-order valence-electron chi connectivity index (χ2n) is 31.7.